The quantitative estimate of drug-likeness (QED) is 0.662. The first kappa shape index (κ1) is 13.8. The molecule has 0 aliphatic rings. The number of ether oxygens (including phenoxy) is 1. The molecule has 2 rings (SSSR count). The second-order valence-corrected chi connectivity index (χ2v) is 4.11. The van der Waals surface area contributed by atoms with Crippen LogP contribution < -0.4 is 0 Å². The SMILES string of the molecule is CCOC(=O)c1ccc(O)c(C(=O)Cn2ccnc2)c1. The number of carbonyl (C=O) groups excluding carboxylic acids is 2. The van der Waals surface area contributed by atoms with Crippen LogP contribution in [0.1, 0.15) is 27.6 Å². The average Bonchev–Trinajstić information content (AvgIpc) is 2.92. The monoisotopic (exact) mass is 274 g/mol. The summed E-state index contributed by atoms with van der Waals surface area (Å²) in [6, 6.07) is 4.07. The molecule has 0 unspecified atom stereocenters. The first-order valence-electron chi connectivity index (χ1n) is 6.11. The summed E-state index contributed by atoms with van der Waals surface area (Å²) in [5.41, 5.74) is 0.322. The lowest BCUT2D eigenvalue weighted by Crippen LogP contribution is -2.11. The fourth-order valence-electron chi connectivity index (χ4n) is 1.73. The van der Waals surface area contributed by atoms with Crippen molar-refractivity contribution in [2.45, 2.75) is 13.5 Å². The number of rotatable bonds is 5. The van der Waals surface area contributed by atoms with Crippen LogP contribution in [0.3, 0.4) is 0 Å². The van der Waals surface area contributed by atoms with E-state index >= 15 is 0 Å². The van der Waals surface area contributed by atoms with E-state index in [0.717, 1.165) is 0 Å². The number of hydrogen-bond donors (Lipinski definition) is 1. The van der Waals surface area contributed by atoms with Gasteiger partial charge < -0.3 is 14.4 Å². The number of esters is 1. The van der Waals surface area contributed by atoms with Crippen LogP contribution in [0.5, 0.6) is 5.75 Å². The highest BCUT2D eigenvalue weighted by atomic mass is 16.5. The highest BCUT2D eigenvalue weighted by molar-refractivity contribution is 6.01. The van der Waals surface area contributed by atoms with E-state index in [-0.39, 0.29) is 35.8 Å². The molecule has 2 aromatic rings. The Labute approximate surface area is 115 Å². The Morgan fingerprint density at radius 2 is 2.20 bits per heavy atom. The molecule has 6 heteroatoms. The van der Waals surface area contributed by atoms with E-state index in [0.29, 0.717) is 0 Å². The van der Waals surface area contributed by atoms with Gasteiger partial charge in [0.25, 0.3) is 0 Å². The van der Waals surface area contributed by atoms with Crippen LogP contribution in [0.25, 0.3) is 0 Å². The maximum absolute atomic E-state index is 12.1. The Balaban J connectivity index is 2.24. The van der Waals surface area contributed by atoms with Crippen molar-refractivity contribution in [3.05, 3.63) is 48.0 Å². The standard InChI is InChI=1S/C14H14N2O4/c1-2-20-14(19)10-3-4-12(17)11(7-10)13(18)8-16-6-5-15-9-16/h3-7,9,17H,2,8H2,1H3. The van der Waals surface area contributed by atoms with E-state index in [4.69, 9.17) is 4.74 Å². The normalized spacial score (nSPS) is 10.2. The van der Waals surface area contributed by atoms with Crippen molar-refractivity contribution in [2.24, 2.45) is 0 Å². The smallest absolute Gasteiger partial charge is 0.338 e. The molecule has 20 heavy (non-hydrogen) atoms. The van der Waals surface area contributed by atoms with E-state index < -0.39 is 5.97 Å². The van der Waals surface area contributed by atoms with Crippen molar-refractivity contribution in [2.75, 3.05) is 6.61 Å². The zero-order valence-corrected chi connectivity index (χ0v) is 10.9. The summed E-state index contributed by atoms with van der Waals surface area (Å²) in [5, 5.41) is 9.75. The van der Waals surface area contributed by atoms with E-state index in [1.807, 2.05) is 0 Å². The molecule has 0 saturated heterocycles. The number of ketones is 1. The fraction of sp³-hybridized carbons (Fsp3) is 0.214. The van der Waals surface area contributed by atoms with E-state index in [9.17, 15) is 14.7 Å². The molecule has 0 saturated carbocycles. The molecule has 0 radical (unpaired) electrons. The Kier molecular flexibility index (Phi) is 4.14. The number of benzene rings is 1. The van der Waals surface area contributed by atoms with E-state index in [2.05, 4.69) is 4.98 Å². The summed E-state index contributed by atoms with van der Waals surface area (Å²) >= 11 is 0. The molecule has 0 aliphatic carbocycles. The van der Waals surface area contributed by atoms with Gasteiger partial charge in [0.05, 0.1) is 30.6 Å². The average molecular weight is 274 g/mol. The second-order valence-electron chi connectivity index (χ2n) is 4.11. The topological polar surface area (TPSA) is 81.4 Å². The van der Waals surface area contributed by atoms with Gasteiger partial charge in [-0.05, 0) is 25.1 Å². The molecule has 0 amide bonds. The first-order chi connectivity index (χ1) is 9.61. The van der Waals surface area contributed by atoms with Crippen LogP contribution >= 0.6 is 0 Å². The highest BCUT2D eigenvalue weighted by Gasteiger charge is 2.15. The van der Waals surface area contributed by atoms with E-state index in [1.54, 1.807) is 23.9 Å². The van der Waals surface area contributed by atoms with Gasteiger partial charge in [0.15, 0.2) is 5.78 Å². The van der Waals surface area contributed by atoms with Gasteiger partial charge in [0, 0.05) is 12.4 Å². The summed E-state index contributed by atoms with van der Waals surface area (Å²) in [5.74, 6) is -1.00. The lowest BCUT2D eigenvalue weighted by molar-refractivity contribution is 0.0526. The fourth-order valence-corrected chi connectivity index (χ4v) is 1.73. The van der Waals surface area contributed by atoms with Gasteiger partial charge in [-0.15, -0.1) is 0 Å². The Bertz CT molecular complexity index is 620. The number of imidazole rings is 1. The van der Waals surface area contributed by atoms with Gasteiger partial charge in [0.2, 0.25) is 0 Å². The first-order valence-corrected chi connectivity index (χ1v) is 6.11. The van der Waals surface area contributed by atoms with Crippen molar-refractivity contribution in [3.8, 4) is 5.75 Å². The third kappa shape index (κ3) is 3.03. The Hall–Kier alpha value is -2.63. The number of carbonyl (C=O) groups is 2. The minimum Gasteiger partial charge on any atom is -0.507 e. The number of aromatic hydroxyl groups is 1. The van der Waals surface area contributed by atoms with Crippen LogP contribution in [0, 0.1) is 0 Å². The van der Waals surface area contributed by atoms with Crippen molar-refractivity contribution in [1.82, 2.24) is 9.55 Å². The van der Waals surface area contributed by atoms with Crippen LogP contribution in [0.2, 0.25) is 0 Å². The van der Waals surface area contributed by atoms with Gasteiger partial charge in [-0.2, -0.15) is 0 Å². The number of phenols is 1. The summed E-state index contributed by atoms with van der Waals surface area (Å²) in [4.78, 5) is 27.6. The number of aromatic nitrogens is 2. The number of phenolic OH excluding ortho intramolecular Hbond substituents is 1. The van der Waals surface area contributed by atoms with Gasteiger partial charge in [-0.25, -0.2) is 9.78 Å². The molecule has 0 spiro atoms. The molecule has 0 fully saturated rings. The molecular formula is C14H14N2O4. The van der Waals surface area contributed by atoms with Crippen LogP contribution in [-0.2, 0) is 11.3 Å². The molecule has 6 nitrogen and oxygen atoms in total. The maximum Gasteiger partial charge on any atom is 0.338 e. The number of Topliss-reactive ketones (excluding diaryl/α,β-unsaturated/α-hetero) is 1. The predicted octanol–water partition coefficient (Wildman–Crippen LogP) is 1.65. The third-order valence-electron chi connectivity index (χ3n) is 2.69. The lowest BCUT2D eigenvalue weighted by atomic mass is 10.1. The minimum atomic E-state index is -0.524. The molecule has 1 heterocycles. The van der Waals surface area contributed by atoms with Gasteiger partial charge >= 0.3 is 5.97 Å². The summed E-state index contributed by atoms with van der Waals surface area (Å²) < 4.78 is 6.44. The van der Waals surface area contributed by atoms with Crippen molar-refractivity contribution in [1.29, 1.82) is 0 Å². The summed E-state index contributed by atoms with van der Waals surface area (Å²) in [6.45, 7) is 1.99. The van der Waals surface area contributed by atoms with Crippen molar-refractivity contribution >= 4 is 11.8 Å². The Morgan fingerprint density at radius 1 is 1.40 bits per heavy atom. The second kappa shape index (κ2) is 6.01. The zero-order valence-electron chi connectivity index (χ0n) is 10.9. The molecule has 0 bridgehead atoms. The lowest BCUT2D eigenvalue weighted by Gasteiger charge is -2.07. The third-order valence-corrected chi connectivity index (χ3v) is 2.69. The predicted molar refractivity (Wildman–Crippen MR) is 70.6 cm³/mol. The minimum absolute atomic E-state index is 0.0415. The zero-order chi connectivity index (χ0) is 14.5. The molecule has 1 aromatic heterocycles. The van der Waals surface area contributed by atoms with Crippen LogP contribution in [0.15, 0.2) is 36.9 Å². The van der Waals surface area contributed by atoms with Crippen molar-refractivity contribution < 1.29 is 19.4 Å². The molecule has 1 N–H and O–H groups in total. The molecular weight excluding hydrogens is 260 g/mol. The van der Waals surface area contributed by atoms with E-state index in [1.165, 1.54) is 24.5 Å². The molecule has 0 aliphatic heterocycles. The van der Waals surface area contributed by atoms with Crippen molar-refractivity contribution in [3.63, 3.8) is 0 Å². The van der Waals surface area contributed by atoms with Gasteiger partial charge in [0.1, 0.15) is 5.75 Å². The largest absolute Gasteiger partial charge is 0.507 e. The van der Waals surface area contributed by atoms with Crippen LogP contribution in [-0.4, -0.2) is 33.0 Å². The molecule has 104 valence electrons. The number of nitrogens with zero attached hydrogens (tertiary/aromatic N) is 2. The summed E-state index contributed by atoms with van der Waals surface area (Å²) in [7, 11) is 0. The van der Waals surface area contributed by atoms with Gasteiger partial charge in [-0.3, -0.25) is 4.79 Å². The highest BCUT2D eigenvalue weighted by Crippen LogP contribution is 2.20. The van der Waals surface area contributed by atoms with Gasteiger partial charge in [-0.1, -0.05) is 0 Å². The maximum atomic E-state index is 12.1. The number of hydrogen-bond acceptors (Lipinski definition) is 5. The van der Waals surface area contributed by atoms with Crippen LogP contribution in [0.4, 0.5) is 0 Å². The summed E-state index contributed by atoms with van der Waals surface area (Å²) in [6.07, 6.45) is 4.70. The molecule has 1 aromatic carbocycles. The Morgan fingerprint density at radius 3 is 2.85 bits per heavy atom. The molecule has 0 atom stereocenters.